The second kappa shape index (κ2) is 3.73. The van der Waals surface area contributed by atoms with Crippen LogP contribution in [0.25, 0.3) is 0 Å². The van der Waals surface area contributed by atoms with Crippen molar-refractivity contribution in [2.75, 3.05) is 7.11 Å². The summed E-state index contributed by atoms with van der Waals surface area (Å²) in [4.78, 5) is 0. The molecule has 72 valence electrons. The van der Waals surface area contributed by atoms with Gasteiger partial charge in [-0.3, -0.25) is 0 Å². The number of halogens is 2. The summed E-state index contributed by atoms with van der Waals surface area (Å²) in [7, 11) is 1.47. The van der Waals surface area contributed by atoms with E-state index in [4.69, 9.17) is 4.74 Å². The summed E-state index contributed by atoms with van der Waals surface area (Å²) in [6, 6.07) is 3.13. The lowest BCUT2D eigenvalue weighted by Crippen LogP contribution is -1.95. The Morgan fingerprint density at radius 3 is 2.31 bits per heavy atom. The molecular formula is C10H12F2O. The van der Waals surface area contributed by atoms with Gasteiger partial charge in [-0.2, -0.15) is 0 Å². The summed E-state index contributed by atoms with van der Waals surface area (Å²) in [6.07, 6.45) is -2.44. The van der Waals surface area contributed by atoms with E-state index >= 15 is 0 Å². The summed E-state index contributed by atoms with van der Waals surface area (Å²) in [5.74, 6) is 0.485. The van der Waals surface area contributed by atoms with Gasteiger partial charge in [0.05, 0.1) is 7.11 Å². The topological polar surface area (TPSA) is 9.23 Å². The molecule has 0 radical (unpaired) electrons. The summed E-state index contributed by atoms with van der Waals surface area (Å²) < 4.78 is 29.8. The zero-order valence-corrected chi connectivity index (χ0v) is 7.90. The first-order chi connectivity index (χ1) is 6.06. The van der Waals surface area contributed by atoms with Gasteiger partial charge in [-0.05, 0) is 37.1 Å². The Morgan fingerprint density at radius 1 is 1.23 bits per heavy atom. The van der Waals surface area contributed by atoms with Crippen LogP contribution in [0.15, 0.2) is 12.1 Å². The molecule has 0 saturated carbocycles. The molecule has 0 atom stereocenters. The van der Waals surface area contributed by atoms with Crippen molar-refractivity contribution in [2.24, 2.45) is 0 Å². The van der Waals surface area contributed by atoms with Crippen LogP contribution in [0.5, 0.6) is 5.75 Å². The maximum Gasteiger partial charge on any atom is 0.264 e. The van der Waals surface area contributed by atoms with Crippen LogP contribution < -0.4 is 4.74 Å². The Hall–Kier alpha value is -1.12. The number of rotatable bonds is 2. The Labute approximate surface area is 76.3 Å². The van der Waals surface area contributed by atoms with Gasteiger partial charge < -0.3 is 4.74 Å². The molecule has 0 aromatic heterocycles. The normalized spacial score (nSPS) is 10.6. The zero-order chi connectivity index (χ0) is 10.0. The highest BCUT2D eigenvalue weighted by atomic mass is 19.3. The Kier molecular flexibility index (Phi) is 2.86. The lowest BCUT2D eigenvalue weighted by molar-refractivity contribution is 0.150. The van der Waals surface area contributed by atoms with E-state index in [-0.39, 0.29) is 5.56 Å². The van der Waals surface area contributed by atoms with E-state index in [1.165, 1.54) is 13.2 Å². The summed E-state index contributed by atoms with van der Waals surface area (Å²) in [6.45, 7) is 3.49. The van der Waals surface area contributed by atoms with Gasteiger partial charge in [-0.1, -0.05) is 0 Å². The van der Waals surface area contributed by atoms with E-state index < -0.39 is 6.43 Å². The van der Waals surface area contributed by atoms with Crippen LogP contribution in [0.2, 0.25) is 0 Å². The van der Waals surface area contributed by atoms with Crippen LogP contribution in [0.3, 0.4) is 0 Å². The molecule has 1 nitrogen and oxygen atoms in total. The fourth-order valence-electron chi connectivity index (χ4n) is 1.20. The smallest absolute Gasteiger partial charge is 0.264 e. The van der Waals surface area contributed by atoms with Crippen LogP contribution in [0.1, 0.15) is 23.1 Å². The second-order valence-corrected chi connectivity index (χ2v) is 2.96. The third-order valence-electron chi connectivity index (χ3n) is 2.15. The first-order valence-corrected chi connectivity index (χ1v) is 3.99. The number of hydrogen-bond acceptors (Lipinski definition) is 1. The first kappa shape index (κ1) is 9.96. The van der Waals surface area contributed by atoms with Crippen molar-refractivity contribution < 1.29 is 13.5 Å². The molecule has 1 aromatic carbocycles. The van der Waals surface area contributed by atoms with Crippen molar-refractivity contribution in [2.45, 2.75) is 20.3 Å². The van der Waals surface area contributed by atoms with Crippen molar-refractivity contribution in [3.63, 3.8) is 0 Å². The van der Waals surface area contributed by atoms with E-state index in [2.05, 4.69) is 0 Å². The third kappa shape index (κ3) is 1.97. The fourth-order valence-corrected chi connectivity index (χ4v) is 1.20. The van der Waals surface area contributed by atoms with Crippen molar-refractivity contribution in [3.05, 3.63) is 28.8 Å². The maximum absolute atomic E-state index is 12.5. The van der Waals surface area contributed by atoms with Crippen molar-refractivity contribution in [3.8, 4) is 5.75 Å². The average molecular weight is 186 g/mol. The van der Waals surface area contributed by atoms with Gasteiger partial charge in [0.1, 0.15) is 5.75 Å². The van der Waals surface area contributed by atoms with Gasteiger partial charge in [-0.15, -0.1) is 0 Å². The number of aryl methyl sites for hydroxylation is 1. The van der Waals surface area contributed by atoms with Gasteiger partial charge in [-0.25, -0.2) is 8.78 Å². The highest BCUT2D eigenvalue weighted by Gasteiger charge is 2.13. The summed E-state index contributed by atoms with van der Waals surface area (Å²) in [5.41, 5.74) is 1.52. The molecule has 0 aliphatic carbocycles. The lowest BCUT2D eigenvalue weighted by Gasteiger charge is -2.10. The van der Waals surface area contributed by atoms with Crippen LogP contribution in [-0.4, -0.2) is 7.11 Å². The quantitative estimate of drug-likeness (QED) is 0.688. The Bertz CT molecular complexity index is 308. The molecule has 0 saturated heterocycles. The van der Waals surface area contributed by atoms with Gasteiger partial charge >= 0.3 is 0 Å². The van der Waals surface area contributed by atoms with Crippen molar-refractivity contribution >= 4 is 0 Å². The zero-order valence-electron chi connectivity index (χ0n) is 7.90. The number of alkyl halides is 2. The third-order valence-corrected chi connectivity index (χ3v) is 2.15. The number of ether oxygens (including phenoxy) is 1. The van der Waals surface area contributed by atoms with Crippen LogP contribution >= 0.6 is 0 Å². The number of benzene rings is 1. The predicted molar refractivity (Wildman–Crippen MR) is 47.4 cm³/mol. The summed E-state index contributed by atoms with van der Waals surface area (Å²) in [5, 5.41) is 0. The largest absolute Gasteiger partial charge is 0.497 e. The maximum atomic E-state index is 12.5. The summed E-state index contributed by atoms with van der Waals surface area (Å²) >= 11 is 0. The SMILES string of the molecule is COc1cc(C)c(C)c(C(F)F)c1. The molecule has 1 rings (SSSR count). The van der Waals surface area contributed by atoms with E-state index in [1.807, 2.05) is 0 Å². The highest BCUT2D eigenvalue weighted by molar-refractivity contribution is 5.41. The average Bonchev–Trinajstić information content (AvgIpc) is 2.09. The van der Waals surface area contributed by atoms with Crippen LogP contribution in [0, 0.1) is 13.8 Å². The van der Waals surface area contributed by atoms with Gasteiger partial charge in [0.2, 0.25) is 0 Å². The van der Waals surface area contributed by atoms with E-state index in [9.17, 15) is 8.78 Å². The standard InChI is InChI=1S/C10H12F2O/c1-6-4-8(13-3)5-9(7(6)2)10(11)12/h4-5,10H,1-3H3. The minimum Gasteiger partial charge on any atom is -0.497 e. The first-order valence-electron chi connectivity index (χ1n) is 3.99. The van der Waals surface area contributed by atoms with Crippen molar-refractivity contribution in [1.29, 1.82) is 0 Å². The molecule has 0 amide bonds. The number of hydrogen-bond donors (Lipinski definition) is 0. The molecular weight excluding hydrogens is 174 g/mol. The minimum absolute atomic E-state index is 0.0526. The number of methoxy groups -OCH3 is 1. The van der Waals surface area contributed by atoms with Gasteiger partial charge in [0.25, 0.3) is 6.43 Å². The fraction of sp³-hybridized carbons (Fsp3) is 0.400. The van der Waals surface area contributed by atoms with Crippen molar-refractivity contribution in [1.82, 2.24) is 0 Å². The van der Waals surface area contributed by atoms with Gasteiger partial charge in [0, 0.05) is 5.56 Å². The molecule has 0 aliphatic rings. The van der Waals surface area contributed by atoms with Crippen LogP contribution in [-0.2, 0) is 0 Å². The van der Waals surface area contributed by atoms with Crippen LogP contribution in [0.4, 0.5) is 8.78 Å². The molecule has 13 heavy (non-hydrogen) atoms. The molecule has 0 spiro atoms. The minimum atomic E-state index is -2.44. The Balaban J connectivity index is 3.25. The molecule has 0 bridgehead atoms. The van der Waals surface area contributed by atoms with E-state index in [1.54, 1.807) is 19.9 Å². The monoisotopic (exact) mass is 186 g/mol. The van der Waals surface area contributed by atoms with Gasteiger partial charge in [0.15, 0.2) is 0 Å². The molecule has 0 aliphatic heterocycles. The second-order valence-electron chi connectivity index (χ2n) is 2.96. The van der Waals surface area contributed by atoms with E-state index in [0.29, 0.717) is 11.3 Å². The molecule has 0 heterocycles. The molecule has 1 aromatic rings. The predicted octanol–water partition coefficient (Wildman–Crippen LogP) is 3.25. The Morgan fingerprint density at radius 2 is 1.85 bits per heavy atom. The lowest BCUT2D eigenvalue weighted by atomic mass is 10.0. The highest BCUT2D eigenvalue weighted by Crippen LogP contribution is 2.28. The molecule has 0 unspecified atom stereocenters. The molecule has 0 fully saturated rings. The van der Waals surface area contributed by atoms with E-state index in [0.717, 1.165) is 5.56 Å². The molecule has 0 N–H and O–H groups in total. The molecule has 3 heteroatoms.